The van der Waals surface area contributed by atoms with Crippen molar-refractivity contribution in [3.63, 3.8) is 0 Å². The van der Waals surface area contributed by atoms with Gasteiger partial charge in [-0.3, -0.25) is 9.36 Å². The molecule has 1 heterocycles. The molecule has 0 aliphatic carbocycles. The molecule has 0 saturated carbocycles. The second-order valence-corrected chi connectivity index (χ2v) is 4.43. The van der Waals surface area contributed by atoms with Gasteiger partial charge >= 0.3 is 11.8 Å². The lowest BCUT2D eigenvalue weighted by Gasteiger charge is -2.21. The van der Waals surface area contributed by atoms with Gasteiger partial charge in [0.2, 0.25) is 11.6 Å². The molecule has 0 aromatic carbocycles. The van der Waals surface area contributed by atoms with E-state index in [1.165, 1.54) is 7.11 Å². The van der Waals surface area contributed by atoms with E-state index in [0.29, 0.717) is 18.2 Å². The standard InChI is InChI=1S/C11H18N4O4/c1-7(11(16)19-5)6-13(3)10-9(15(17)18)12-8(2)14(10)4/h7H,6H2,1-5H3. The minimum absolute atomic E-state index is 0.209. The summed E-state index contributed by atoms with van der Waals surface area (Å²) in [7, 11) is 4.70. The van der Waals surface area contributed by atoms with Crippen LogP contribution in [-0.2, 0) is 16.6 Å². The number of aromatic nitrogens is 2. The van der Waals surface area contributed by atoms with Crippen LogP contribution < -0.4 is 4.90 Å². The van der Waals surface area contributed by atoms with Crippen molar-refractivity contribution < 1.29 is 14.5 Å². The van der Waals surface area contributed by atoms with Crippen LogP contribution >= 0.6 is 0 Å². The minimum Gasteiger partial charge on any atom is -0.469 e. The van der Waals surface area contributed by atoms with Gasteiger partial charge in [0.1, 0.15) is 0 Å². The molecule has 0 radical (unpaired) electrons. The van der Waals surface area contributed by atoms with Gasteiger partial charge in [-0.2, -0.15) is 0 Å². The largest absolute Gasteiger partial charge is 0.469 e. The van der Waals surface area contributed by atoms with E-state index >= 15 is 0 Å². The molecule has 0 amide bonds. The van der Waals surface area contributed by atoms with Crippen molar-refractivity contribution in [2.45, 2.75) is 13.8 Å². The average Bonchev–Trinajstić information content (AvgIpc) is 2.65. The van der Waals surface area contributed by atoms with Crippen LogP contribution in [0.25, 0.3) is 0 Å². The molecule has 1 aromatic heterocycles. The fourth-order valence-electron chi connectivity index (χ4n) is 1.90. The number of esters is 1. The fraction of sp³-hybridized carbons (Fsp3) is 0.636. The highest BCUT2D eigenvalue weighted by atomic mass is 16.6. The minimum atomic E-state index is -0.526. The van der Waals surface area contributed by atoms with Crippen molar-refractivity contribution >= 4 is 17.6 Å². The van der Waals surface area contributed by atoms with Crippen LogP contribution in [0.5, 0.6) is 0 Å². The zero-order valence-electron chi connectivity index (χ0n) is 11.7. The number of imidazole rings is 1. The number of anilines is 1. The van der Waals surface area contributed by atoms with Crippen LogP contribution in [0.2, 0.25) is 0 Å². The molecule has 1 atom stereocenters. The Morgan fingerprint density at radius 3 is 2.68 bits per heavy atom. The molecule has 0 aliphatic rings. The van der Waals surface area contributed by atoms with Gasteiger partial charge in [0.15, 0.2) is 0 Å². The lowest BCUT2D eigenvalue weighted by Crippen LogP contribution is -2.30. The van der Waals surface area contributed by atoms with Crippen LogP contribution in [0.1, 0.15) is 12.7 Å². The number of nitro groups is 1. The van der Waals surface area contributed by atoms with Crippen molar-refractivity contribution in [3.8, 4) is 0 Å². The Labute approximate surface area is 111 Å². The topological polar surface area (TPSA) is 90.5 Å². The van der Waals surface area contributed by atoms with Gasteiger partial charge in [-0.05, 0) is 9.91 Å². The number of carbonyl (C=O) groups is 1. The van der Waals surface area contributed by atoms with E-state index in [9.17, 15) is 14.9 Å². The summed E-state index contributed by atoms with van der Waals surface area (Å²) in [6.45, 7) is 3.71. The Kier molecular flexibility index (Phi) is 4.47. The SMILES string of the molecule is COC(=O)C(C)CN(C)c1c([N+](=O)[O-])nc(C)n1C. The lowest BCUT2D eigenvalue weighted by molar-refractivity contribution is -0.388. The molecule has 0 N–H and O–H groups in total. The third kappa shape index (κ3) is 3.01. The van der Waals surface area contributed by atoms with Crippen molar-refractivity contribution in [1.29, 1.82) is 0 Å². The average molecular weight is 270 g/mol. The lowest BCUT2D eigenvalue weighted by atomic mass is 10.2. The molecule has 0 spiro atoms. The summed E-state index contributed by atoms with van der Waals surface area (Å²) in [6, 6.07) is 0. The van der Waals surface area contributed by atoms with Gasteiger partial charge in [0, 0.05) is 27.6 Å². The number of rotatable bonds is 5. The Balaban J connectivity index is 3.02. The van der Waals surface area contributed by atoms with E-state index in [4.69, 9.17) is 0 Å². The molecule has 8 nitrogen and oxygen atoms in total. The molecule has 1 unspecified atom stereocenters. The maximum Gasteiger partial charge on any atom is 0.406 e. The maximum absolute atomic E-state index is 11.4. The van der Waals surface area contributed by atoms with Crippen LogP contribution in [0.3, 0.4) is 0 Å². The molecule has 8 heteroatoms. The molecule has 19 heavy (non-hydrogen) atoms. The first-order valence-electron chi connectivity index (χ1n) is 5.76. The Morgan fingerprint density at radius 1 is 1.63 bits per heavy atom. The summed E-state index contributed by atoms with van der Waals surface area (Å²) in [4.78, 5) is 27.4. The number of hydrogen-bond acceptors (Lipinski definition) is 6. The molecule has 0 fully saturated rings. The van der Waals surface area contributed by atoms with Crippen LogP contribution in [-0.4, -0.2) is 41.1 Å². The Morgan fingerprint density at radius 2 is 2.21 bits per heavy atom. The first kappa shape index (κ1) is 14.9. The molecule has 1 aromatic rings. The van der Waals surface area contributed by atoms with Crippen molar-refractivity contribution in [2.75, 3.05) is 25.6 Å². The first-order valence-corrected chi connectivity index (χ1v) is 5.76. The van der Waals surface area contributed by atoms with E-state index in [2.05, 4.69) is 9.72 Å². The zero-order chi connectivity index (χ0) is 14.7. The second kappa shape index (κ2) is 5.68. The summed E-state index contributed by atoms with van der Waals surface area (Å²) < 4.78 is 6.27. The summed E-state index contributed by atoms with van der Waals surface area (Å²) in [5.74, 6) is -0.0321. The molecule has 0 saturated heterocycles. The predicted molar refractivity (Wildman–Crippen MR) is 69.0 cm³/mol. The van der Waals surface area contributed by atoms with Crippen LogP contribution in [0, 0.1) is 23.0 Å². The fourth-order valence-corrected chi connectivity index (χ4v) is 1.90. The molecule has 106 valence electrons. The van der Waals surface area contributed by atoms with Gasteiger partial charge in [0.05, 0.1) is 13.0 Å². The Hall–Kier alpha value is -2.12. The van der Waals surface area contributed by atoms with Gasteiger partial charge in [0.25, 0.3) is 0 Å². The smallest absolute Gasteiger partial charge is 0.406 e. The Bertz CT molecular complexity index is 497. The van der Waals surface area contributed by atoms with E-state index in [1.807, 2.05) is 0 Å². The molecular weight excluding hydrogens is 252 g/mol. The summed E-state index contributed by atoms with van der Waals surface area (Å²) in [6.07, 6.45) is 0. The quantitative estimate of drug-likeness (QED) is 0.448. The van der Waals surface area contributed by atoms with E-state index < -0.39 is 4.92 Å². The molecule has 1 rings (SSSR count). The van der Waals surface area contributed by atoms with E-state index in [1.54, 1.807) is 37.4 Å². The van der Waals surface area contributed by atoms with Crippen molar-refractivity contribution in [2.24, 2.45) is 13.0 Å². The normalized spacial score (nSPS) is 12.1. The van der Waals surface area contributed by atoms with E-state index in [-0.39, 0.29) is 17.7 Å². The third-order valence-electron chi connectivity index (χ3n) is 2.96. The van der Waals surface area contributed by atoms with Crippen molar-refractivity contribution in [3.05, 3.63) is 15.9 Å². The summed E-state index contributed by atoms with van der Waals surface area (Å²) >= 11 is 0. The molecular formula is C11H18N4O4. The molecule has 0 bridgehead atoms. The summed E-state index contributed by atoms with van der Waals surface area (Å²) in [5.41, 5.74) is 0. The van der Waals surface area contributed by atoms with Gasteiger partial charge < -0.3 is 19.8 Å². The first-order chi connectivity index (χ1) is 8.79. The predicted octanol–water partition coefficient (Wildman–Crippen LogP) is 0.882. The maximum atomic E-state index is 11.4. The van der Waals surface area contributed by atoms with E-state index in [0.717, 1.165) is 0 Å². The van der Waals surface area contributed by atoms with Gasteiger partial charge in [-0.15, -0.1) is 0 Å². The molecule has 0 aliphatic heterocycles. The number of methoxy groups -OCH3 is 1. The monoisotopic (exact) mass is 270 g/mol. The van der Waals surface area contributed by atoms with Crippen molar-refractivity contribution in [1.82, 2.24) is 9.55 Å². The van der Waals surface area contributed by atoms with Gasteiger partial charge in [-0.25, -0.2) is 0 Å². The van der Waals surface area contributed by atoms with Crippen LogP contribution in [0.4, 0.5) is 11.6 Å². The highest BCUT2D eigenvalue weighted by Gasteiger charge is 2.28. The highest BCUT2D eigenvalue weighted by molar-refractivity contribution is 5.73. The summed E-state index contributed by atoms with van der Waals surface area (Å²) in [5, 5.41) is 11.0. The number of nitrogens with zero attached hydrogens (tertiary/aromatic N) is 4. The zero-order valence-corrected chi connectivity index (χ0v) is 11.7. The van der Waals surface area contributed by atoms with Gasteiger partial charge in [-0.1, -0.05) is 6.92 Å². The third-order valence-corrected chi connectivity index (χ3v) is 2.96. The highest BCUT2D eigenvalue weighted by Crippen LogP contribution is 2.27. The number of aryl methyl sites for hydroxylation is 1. The number of hydrogen-bond donors (Lipinski definition) is 0. The number of carbonyl (C=O) groups excluding carboxylic acids is 1. The second-order valence-electron chi connectivity index (χ2n) is 4.43. The van der Waals surface area contributed by atoms with Crippen LogP contribution in [0.15, 0.2) is 0 Å². The number of ether oxygens (including phenoxy) is 1.